The van der Waals surface area contributed by atoms with E-state index in [4.69, 9.17) is 9.73 Å². The summed E-state index contributed by atoms with van der Waals surface area (Å²) in [6, 6.07) is 6.55. The molecule has 1 atom stereocenters. The van der Waals surface area contributed by atoms with E-state index in [1.165, 1.54) is 16.0 Å². The molecule has 1 heterocycles. The van der Waals surface area contributed by atoms with Gasteiger partial charge in [0.15, 0.2) is 5.96 Å². The fourth-order valence-corrected chi connectivity index (χ4v) is 3.39. The van der Waals surface area contributed by atoms with Crippen LogP contribution < -0.4 is 10.6 Å². The van der Waals surface area contributed by atoms with Gasteiger partial charge in [0.25, 0.3) is 0 Å². The Hall–Kier alpha value is -1.24. The number of ether oxygens (including phenoxy) is 1. The maximum absolute atomic E-state index is 5.80. The van der Waals surface area contributed by atoms with Crippen LogP contribution in [0.25, 0.3) is 0 Å². The van der Waals surface area contributed by atoms with Crippen LogP contribution in [0.5, 0.6) is 0 Å². The van der Waals surface area contributed by atoms with Gasteiger partial charge in [-0.25, -0.2) is 4.99 Å². The summed E-state index contributed by atoms with van der Waals surface area (Å²) in [5.41, 5.74) is 2.55. The number of aryl methyl sites for hydroxylation is 1. The van der Waals surface area contributed by atoms with Crippen LogP contribution in [0.2, 0.25) is 0 Å². The largest absolute Gasteiger partial charge is 0.374 e. The minimum absolute atomic E-state index is 0.216. The normalized spacial score (nSPS) is 19.3. The molecule has 0 aromatic heterocycles. The van der Waals surface area contributed by atoms with E-state index >= 15 is 0 Å². The van der Waals surface area contributed by atoms with Gasteiger partial charge in [0.1, 0.15) is 0 Å². The van der Waals surface area contributed by atoms with Crippen molar-refractivity contribution in [3.63, 3.8) is 0 Å². The van der Waals surface area contributed by atoms with E-state index in [-0.39, 0.29) is 6.10 Å². The molecule has 1 aromatic rings. The number of nitrogens with one attached hydrogen (secondary N) is 2. The number of thioether (sulfide) groups is 1. The molecule has 0 aliphatic carbocycles. The van der Waals surface area contributed by atoms with Crippen LogP contribution in [-0.2, 0) is 11.3 Å². The highest BCUT2D eigenvalue weighted by atomic mass is 32.2. The molecule has 2 rings (SSSR count). The van der Waals surface area contributed by atoms with Gasteiger partial charge in [0.05, 0.1) is 19.3 Å². The van der Waals surface area contributed by atoms with Crippen LogP contribution >= 0.6 is 11.8 Å². The predicted molar refractivity (Wildman–Crippen MR) is 103 cm³/mol. The molecular weight excluding hydrogens is 320 g/mol. The molecule has 0 bridgehead atoms. The van der Waals surface area contributed by atoms with Crippen molar-refractivity contribution >= 4 is 17.7 Å². The second-order valence-electron chi connectivity index (χ2n) is 6.15. The molecule has 134 valence electrons. The van der Waals surface area contributed by atoms with E-state index in [0.717, 1.165) is 38.7 Å². The molecule has 1 unspecified atom stereocenters. The minimum atomic E-state index is 0.216. The van der Waals surface area contributed by atoms with Gasteiger partial charge in [-0.3, -0.25) is 0 Å². The topological polar surface area (TPSA) is 48.9 Å². The number of benzene rings is 1. The zero-order valence-corrected chi connectivity index (χ0v) is 16.1. The first-order valence-corrected chi connectivity index (χ1v) is 9.80. The fourth-order valence-electron chi connectivity index (χ4n) is 2.69. The van der Waals surface area contributed by atoms with E-state index in [9.17, 15) is 0 Å². The van der Waals surface area contributed by atoms with Crippen molar-refractivity contribution in [2.24, 2.45) is 4.99 Å². The number of morpholine rings is 1. The molecule has 1 fully saturated rings. The van der Waals surface area contributed by atoms with Crippen molar-refractivity contribution in [1.82, 2.24) is 15.5 Å². The number of nitrogens with zero attached hydrogens (tertiary/aromatic N) is 2. The summed E-state index contributed by atoms with van der Waals surface area (Å²) in [5.74, 6) is 0.849. The van der Waals surface area contributed by atoms with Crippen molar-refractivity contribution in [2.45, 2.75) is 31.4 Å². The third-order valence-electron chi connectivity index (χ3n) is 4.03. The summed E-state index contributed by atoms with van der Waals surface area (Å²) >= 11 is 1.78. The average molecular weight is 351 g/mol. The van der Waals surface area contributed by atoms with Crippen LogP contribution in [0.3, 0.4) is 0 Å². The molecule has 5 nitrogen and oxygen atoms in total. The number of guanidine groups is 1. The summed E-state index contributed by atoms with van der Waals surface area (Å²) in [7, 11) is 2.14. The Labute approximate surface area is 150 Å². The number of aliphatic imine (C=N–C) groups is 1. The average Bonchev–Trinajstić information content (AvgIpc) is 2.58. The lowest BCUT2D eigenvalue weighted by molar-refractivity contribution is -0.0161. The van der Waals surface area contributed by atoms with Crippen molar-refractivity contribution in [1.29, 1.82) is 0 Å². The zero-order valence-electron chi connectivity index (χ0n) is 15.3. The lowest BCUT2D eigenvalue weighted by Crippen LogP contribution is -2.48. The van der Waals surface area contributed by atoms with E-state index in [1.807, 2.05) is 0 Å². The molecule has 0 radical (unpaired) electrons. The molecule has 0 saturated carbocycles. The molecule has 1 aromatic carbocycles. The molecule has 0 spiro atoms. The van der Waals surface area contributed by atoms with Crippen molar-refractivity contribution in [3.8, 4) is 0 Å². The summed E-state index contributed by atoms with van der Waals surface area (Å²) in [5, 5.41) is 6.73. The van der Waals surface area contributed by atoms with E-state index in [2.05, 4.69) is 60.9 Å². The third kappa shape index (κ3) is 6.00. The van der Waals surface area contributed by atoms with Crippen molar-refractivity contribution in [2.75, 3.05) is 46.1 Å². The summed E-state index contributed by atoms with van der Waals surface area (Å²) < 4.78 is 5.80. The lowest BCUT2D eigenvalue weighted by atomic mass is 10.1. The Morgan fingerprint density at radius 3 is 2.96 bits per heavy atom. The highest BCUT2D eigenvalue weighted by Crippen LogP contribution is 2.22. The van der Waals surface area contributed by atoms with E-state index in [0.29, 0.717) is 6.54 Å². The number of likely N-dealkylation sites (N-methyl/N-ethyl adjacent to an activating group) is 1. The van der Waals surface area contributed by atoms with Crippen LogP contribution in [0.15, 0.2) is 28.1 Å². The third-order valence-corrected chi connectivity index (χ3v) is 4.85. The molecule has 1 saturated heterocycles. The van der Waals surface area contributed by atoms with Gasteiger partial charge in [-0.2, -0.15) is 0 Å². The highest BCUT2D eigenvalue weighted by molar-refractivity contribution is 7.98. The van der Waals surface area contributed by atoms with Crippen LogP contribution in [0.4, 0.5) is 0 Å². The SMILES string of the molecule is CCNC(=NCc1ccc(C)cc1SC)NCC1CN(C)CCO1. The molecule has 6 heteroatoms. The molecule has 1 aliphatic heterocycles. The monoisotopic (exact) mass is 350 g/mol. The maximum Gasteiger partial charge on any atom is 0.191 e. The Balaban J connectivity index is 1.95. The molecule has 1 aliphatic rings. The first kappa shape index (κ1) is 19.1. The Morgan fingerprint density at radius 2 is 2.25 bits per heavy atom. The minimum Gasteiger partial charge on any atom is -0.374 e. The summed E-state index contributed by atoms with van der Waals surface area (Å²) in [4.78, 5) is 8.34. The van der Waals surface area contributed by atoms with Crippen molar-refractivity contribution < 1.29 is 4.74 Å². The van der Waals surface area contributed by atoms with Gasteiger partial charge in [0.2, 0.25) is 0 Å². The smallest absolute Gasteiger partial charge is 0.191 e. The van der Waals surface area contributed by atoms with Gasteiger partial charge >= 0.3 is 0 Å². The van der Waals surface area contributed by atoms with Gasteiger partial charge in [-0.1, -0.05) is 12.1 Å². The van der Waals surface area contributed by atoms with E-state index in [1.54, 1.807) is 11.8 Å². The predicted octanol–water partition coefficient (Wildman–Crippen LogP) is 2.10. The summed E-state index contributed by atoms with van der Waals surface area (Å²) in [6.45, 7) is 9.28. The number of hydrogen-bond donors (Lipinski definition) is 2. The Bertz CT molecular complexity index is 550. The van der Waals surface area contributed by atoms with Crippen molar-refractivity contribution in [3.05, 3.63) is 29.3 Å². The Morgan fingerprint density at radius 1 is 1.42 bits per heavy atom. The molecule has 2 N–H and O–H groups in total. The van der Waals surface area contributed by atoms with Gasteiger partial charge in [0, 0.05) is 31.1 Å². The fraction of sp³-hybridized carbons (Fsp3) is 0.611. The zero-order chi connectivity index (χ0) is 17.4. The molecule has 24 heavy (non-hydrogen) atoms. The van der Waals surface area contributed by atoms with E-state index < -0.39 is 0 Å². The summed E-state index contributed by atoms with van der Waals surface area (Å²) in [6.07, 6.45) is 2.33. The Kier molecular flexibility index (Phi) is 7.88. The number of hydrogen-bond acceptors (Lipinski definition) is 4. The number of rotatable bonds is 6. The second kappa shape index (κ2) is 9.91. The maximum atomic E-state index is 5.80. The lowest BCUT2D eigenvalue weighted by Gasteiger charge is -2.30. The van der Waals surface area contributed by atoms with Gasteiger partial charge in [-0.15, -0.1) is 11.8 Å². The first-order valence-electron chi connectivity index (χ1n) is 8.58. The standard InChI is InChI=1S/C18H30N4OS/c1-5-19-18(21-12-16-13-22(3)8-9-23-16)20-11-15-7-6-14(2)10-17(15)24-4/h6-7,10,16H,5,8-9,11-13H2,1-4H3,(H2,19,20,21). The second-order valence-corrected chi connectivity index (χ2v) is 6.99. The van der Waals surface area contributed by atoms with Crippen LogP contribution in [0.1, 0.15) is 18.1 Å². The van der Waals surface area contributed by atoms with Gasteiger partial charge in [-0.05, 0) is 44.3 Å². The molecular formula is C18H30N4OS. The van der Waals surface area contributed by atoms with Crippen LogP contribution in [0, 0.1) is 6.92 Å². The quantitative estimate of drug-likeness (QED) is 0.467. The highest BCUT2D eigenvalue weighted by Gasteiger charge is 2.17. The first-order chi connectivity index (χ1) is 11.6. The van der Waals surface area contributed by atoms with Gasteiger partial charge < -0.3 is 20.3 Å². The van der Waals surface area contributed by atoms with Crippen LogP contribution in [-0.4, -0.2) is 63.1 Å². The molecule has 0 amide bonds.